The minimum absolute atomic E-state index is 0.0250. The highest BCUT2D eigenvalue weighted by Gasteiger charge is 2.29. The maximum atomic E-state index is 12.5. The van der Waals surface area contributed by atoms with Crippen LogP contribution in [0, 0.1) is 0 Å². The summed E-state index contributed by atoms with van der Waals surface area (Å²) in [6.45, 7) is 8.62. The molecule has 2 aliphatic heterocycles. The van der Waals surface area contributed by atoms with E-state index in [0.717, 1.165) is 24.5 Å². The Balaban J connectivity index is 1.64. The predicted molar refractivity (Wildman–Crippen MR) is 87.1 cm³/mol. The number of hydrogen-bond donors (Lipinski definition) is 1. The first kappa shape index (κ1) is 16.1. The van der Waals surface area contributed by atoms with Crippen LogP contribution in [0.3, 0.4) is 0 Å². The summed E-state index contributed by atoms with van der Waals surface area (Å²) in [5.74, 6) is 1.37. The van der Waals surface area contributed by atoms with E-state index in [9.17, 15) is 4.79 Å². The number of morpholine rings is 1. The summed E-state index contributed by atoms with van der Waals surface area (Å²) in [5, 5.41) is 2.96. The lowest BCUT2D eigenvalue weighted by atomic mass is 10.1. The van der Waals surface area contributed by atoms with Gasteiger partial charge in [0.15, 0.2) is 11.5 Å². The van der Waals surface area contributed by atoms with Crippen molar-refractivity contribution >= 4 is 11.6 Å². The second-order valence-corrected chi connectivity index (χ2v) is 6.23. The van der Waals surface area contributed by atoms with Gasteiger partial charge in [-0.05, 0) is 32.9 Å². The van der Waals surface area contributed by atoms with Crippen molar-refractivity contribution in [3.05, 3.63) is 18.2 Å². The van der Waals surface area contributed by atoms with Crippen LogP contribution in [-0.2, 0) is 9.53 Å². The van der Waals surface area contributed by atoms with Gasteiger partial charge < -0.3 is 19.5 Å². The second-order valence-electron chi connectivity index (χ2n) is 6.23. The molecule has 0 radical (unpaired) electrons. The molecule has 2 heterocycles. The molecule has 1 fully saturated rings. The van der Waals surface area contributed by atoms with Crippen LogP contribution in [0.2, 0.25) is 0 Å². The second kappa shape index (κ2) is 6.76. The summed E-state index contributed by atoms with van der Waals surface area (Å²) in [4.78, 5) is 14.7. The molecule has 1 saturated heterocycles. The molecule has 3 unspecified atom stereocenters. The Labute approximate surface area is 136 Å². The fraction of sp³-hybridized carbons (Fsp3) is 0.588. The molecule has 1 N–H and O–H groups in total. The van der Waals surface area contributed by atoms with Gasteiger partial charge in [-0.1, -0.05) is 0 Å². The van der Waals surface area contributed by atoms with E-state index in [1.165, 1.54) is 0 Å². The molecule has 3 atom stereocenters. The monoisotopic (exact) mass is 320 g/mol. The maximum Gasteiger partial charge on any atom is 0.241 e. The van der Waals surface area contributed by atoms with E-state index in [2.05, 4.69) is 10.2 Å². The number of hydrogen-bond acceptors (Lipinski definition) is 5. The molecule has 3 rings (SSSR count). The van der Waals surface area contributed by atoms with Gasteiger partial charge in [-0.2, -0.15) is 0 Å². The maximum absolute atomic E-state index is 12.5. The Hall–Kier alpha value is -1.79. The summed E-state index contributed by atoms with van der Waals surface area (Å²) in [6.07, 6.45) is 0.284. The third-order valence-corrected chi connectivity index (χ3v) is 4.18. The minimum Gasteiger partial charge on any atom is -0.486 e. The van der Waals surface area contributed by atoms with Crippen molar-refractivity contribution in [3.8, 4) is 11.5 Å². The third-order valence-electron chi connectivity index (χ3n) is 4.18. The number of anilines is 1. The van der Waals surface area contributed by atoms with E-state index in [1.54, 1.807) is 0 Å². The number of carbonyl (C=O) groups is 1. The zero-order chi connectivity index (χ0) is 16.4. The van der Waals surface area contributed by atoms with E-state index in [4.69, 9.17) is 14.2 Å². The first-order valence-corrected chi connectivity index (χ1v) is 8.13. The van der Waals surface area contributed by atoms with Crippen LogP contribution in [0.4, 0.5) is 5.69 Å². The zero-order valence-corrected chi connectivity index (χ0v) is 13.9. The fourth-order valence-corrected chi connectivity index (χ4v) is 3.07. The number of rotatable bonds is 3. The zero-order valence-electron chi connectivity index (χ0n) is 13.9. The summed E-state index contributed by atoms with van der Waals surface area (Å²) >= 11 is 0. The Kier molecular flexibility index (Phi) is 4.73. The van der Waals surface area contributed by atoms with E-state index < -0.39 is 0 Å². The molecule has 1 aromatic rings. The molecule has 0 aromatic heterocycles. The average Bonchev–Trinajstić information content (AvgIpc) is 2.53. The topological polar surface area (TPSA) is 60.0 Å². The lowest BCUT2D eigenvalue weighted by Gasteiger charge is -2.38. The lowest BCUT2D eigenvalue weighted by Crippen LogP contribution is -2.52. The summed E-state index contributed by atoms with van der Waals surface area (Å²) < 4.78 is 16.8. The number of nitrogens with one attached hydrogen (secondary N) is 1. The van der Waals surface area contributed by atoms with E-state index in [1.807, 2.05) is 39.0 Å². The summed E-state index contributed by atoms with van der Waals surface area (Å²) in [7, 11) is 0. The smallest absolute Gasteiger partial charge is 0.241 e. The van der Waals surface area contributed by atoms with Crippen molar-refractivity contribution in [2.24, 2.45) is 0 Å². The Morgan fingerprint density at radius 2 is 1.83 bits per heavy atom. The molecule has 6 heteroatoms. The summed E-state index contributed by atoms with van der Waals surface area (Å²) in [6, 6.07) is 5.26. The highest BCUT2D eigenvalue weighted by Crippen LogP contribution is 2.32. The molecule has 126 valence electrons. The van der Waals surface area contributed by atoms with Gasteiger partial charge in [-0.25, -0.2) is 0 Å². The average molecular weight is 320 g/mol. The molecular weight excluding hydrogens is 296 g/mol. The number of ether oxygens (including phenoxy) is 3. The van der Waals surface area contributed by atoms with Gasteiger partial charge in [0.25, 0.3) is 0 Å². The molecular formula is C17H24N2O4. The molecule has 23 heavy (non-hydrogen) atoms. The number of carbonyl (C=O) groups excluding carboxylic acids is 1. The van der Waals surface area contributed by atoms with Gasteiger partial charge in [0.05, 0.1) is 18.2 Å². The first-order valence-electron chi connectivity index (χ1n) is 8.13. The van der Waals surface area contributed by atoms with Crippen LogP contribution in [0.15, 0.2) is 18.2 Å². The fourth-order valence-electron chi connectivity index (χ4n) is 3.07. The number of benzene rings is 1. The Bertz CT molecular complexity index is 568. The summed E-state index contributed by atoms with van der Waals surface area (Å²) in [5.41, 5.74) is 0.723. The minimum atomic E-state index is -0.211. The molecule has 6 nitrogen and oxygen atoms in total. The van der Waals surface area contributed by atoms with Crippen LogP contribution >= 0.6 is 0 Å². The number of nitrogens with zero attached hydrogens (tertiary/aromatic N) is 1. The first-order chi connectivity index (χ1) is 11.0. The SMILES string of the molecule is CC1CN(C(C)C(=O)Nc2ccc3c(c2)OCCO3)CC(C)O1. The number of amides is 1. The van der Waals surface area contributed by atoms with Crippen molar-refractivity contribution in [1.82, 2.24) is 4.90 Å². The van der Waals surface area contributed by atoms with Crippen molar-refractivity contribution in [2.45, 2.75) is 39.0 Å². The van der Waals surface area contributed by atoms with Gasteiger partial charge in [0.1, 0.15) is 13.2 Å². The molecule has 1 amide bonds. The van der Waals surface area contributed by atoms with Crippen LogP contribution < -0.4 is 14.8 Å². The molecule has 0 bridgehead atoms. The van der Waals surface area contributed by atoms with Gasteiger partial charge in [0, 0.05) is 24.8 Å². The van der Waals surface area contributed by atoms with Crippen LogP contribution in [0.1, 0.15) is 20.8 Å². The molecule has 0 aliphatic carbocycles. The highest BCUT2D eigenvalue weighted by atomic mass is 16.6. The standard InChI is InChI=1S/C17H24N2O4/c1-11-9-19(10-12(2)23-11)13(3)17(20)18-14-4-5-15-16(8-14)22-7-6-21-15/h4-5,8,11-13H,6-7,9-10H2,1-3H3,(H,18,20). The van der Waals surface area contributed by atoms with Crippen molar-refractivity contribution < 1.29 is 19.0 Å². The molecule has 0 saturated carbocycles. The van der Waals surface area contributed by atoms with Gasteiger partial charge in [-0.3, -0.25) is 9.69 Å². The Morgan fingerprint density at radius 1 is 1.17 bits per heavy atom. The van der Waals surface area contributed by atoms with Crippen molar-refractivity contribution in [2.75, 3.05) is 31.6 Å². The van der Waals surface area contributed by atoms with E-state index in [0.29, 0.717) is 19.0 Å². The Morgan fingerprint density at radius 3 is 2.52 bits per heavy atom. The van der Waals surface area contributed by atoms with Crippen LogP contribution in [0.25, 0.3) is 0 Å². The van der Waals surface area contributed by atoms with Gasteiger partial charge >= 0.3 is 0 Å². The quantitative estimate of drug-likeness (QED) is 0.922. The van der Waals surface area contributed by atoms with Crippen LogP contribution in [0.5, 0.6) is 11.5 Å². The highest BCUT2D eigenvalue weighted by molar-refractivity contribution is 5.94. The largest absolute Gasteiger partial charge is 0.486 e. The van der Waals surface area contributed by atoms with Crippen LogP contribution in [-0.4, -0.2) is 55.4 Å². The van der Waals surface area contributed by atoms with Crippen molar-refractivity contribution in [1.29, 1.82) is 0 Å². The van der Waals surface area contributed by atoms with E-state index in [-0.39, 0.29) is 24.2 Å². The predicted octanol–water partition coefficient (Wildman–Crippen LogP) is 1.89. The number of fused-ring (bicyclic) bond motifs is 1. The van der Waals surface area contributed by atoms with E-state index >= 15 is 0 Å². The lowest BCUT2D eigenvalue weighted by molar-refractivity contribution is -0.126. The molecule has 1 aromatic carbocycles. The van der Waals surface area contributed by atoms with Gasteiger partial charge in [-0.15, -0.1) is 0 Å². The normalized spacial score (nSPS) is 25.7. The van der Waals surface area contributed by atoms with Gasteiger partial charge in [0.2, 0.25) is 5.91 Å². The molecule has 0 spiro atoms. The van der Waals surface area contributed by atoms with Crippen molar-refractivity contribution in [3.63, 3.8) is 0 Å². The third kappa shape index (κ3) is 3.76. The molecule has 2 aliphatic rings.